The maximum absolute atomic E-state index is 8.29. The van der Waals surface area contributed by atoms with Crippen molar-refractivity contribution in [3.63, 3.8) is 0 Å². The largest absolute Gasteiger partial charge is 0.398 e. The minimum atomic E-state index is 0.465. The lowest BCUT2D eigenvalue weighted by atomic mass is 9.94. The average molecular weight is 264 g/mol. The highest BCUT2D eigenvalue weighted by Crippen LogP contribution is 2.23. The molecule has 2 aromatic rings. The topological polar surface area (TPSA) is 49.9 Å². The van der Waals surface area contributed by atoms with Crippen molar-refractivity contribution in [1.82, 2.24) is 0 Å². The fourth-order valence-electron chi connectivity index (χ4n) is 2.37. The number of rotatable bonds is 4. The zero-order valence-corrected chi connectivity index (χ0v) is 12.0. The van der Waals surface area contributed by atoms with E-state index in [0.29, 0.717) is 11.4 Å². The molecular formula is C18H20N2. The Morgan fingerprint density at radius 1 is 1.15 bits per heavy atom. The first-order valence-corrected chi connectivity index (χ1v) is 6.83. The molecule has 0 amide bonds. The lowest BCUT2D eigenvalue weighted by Crippen LogP contribution is -2.07. The van der Waals surface area contributed by atoms with E-state index in [1.54, 1.807) is 0 Å². The van der Waals surface area contributed by atoms with Gasteiger partial charge in [-0.2, -0.15) is 0 Å². The van der Waals surface area contributed by atoms with Gasteiger partial charge in [-0.1, -0.05) is 49.4 Å². The Kier molecular flexibility index (Phi) is 4.36. The van der Waals surface area contributed by atoms with Gasteiger partial charge in [0.2, 0.25) is 0 Å². The summed E-state index contributed by atoms with van der Waals surface area (Å²) in [5.41, 5.74) is 11.5. The monoisotopic (exact) mass is 264 g/mol. The van der Waals surface area contributed by atoms with Crippen molar-refractivity contribution in [2.24, 2.45) is 0 Å². The van der Waals surface area contributed by atoms with Crippen LogP contribution in [0.25, 0.3) is 6.08 Å². The van der Waals surface area contributed by atoms with Crippen LogP contribution in [0.5, 0.6) is 0 Å². The van der Waals surface area contributed by atoms with Gasteiger partial charge in [0.15, 0.2) is 0 Å². The molecule has 3 N–H and O–H groups in total. The van der Waals surface area contributed by atoms with E-state index in [4.69, 9.17) is 11.1 Å². The molecule has 2 nitrogen and oxygen atoms in total. The molecule has 0 spiro atoms. The number of hydrogen-bond acceptors (Lipinski definition) is 2. The third-order valence-electron chi connectivity index (χ3n) is 3.44. The van der Waals surface area contributed by atoms with Crippen LogP contribution in [0.15, 0.2) is 48.5 Å². The third-order valence-corrected chi connectivity index (χ3v) is 3.44. The molecule has 0 saturated carbocycles. The molecule has 20 heavy (non-hydrogen) atoms. The molecule has 0 unspecified atom stereocenters. The van der Waals surface area contributed by atoms with Gasteiger partial charge in [-0.25, -0.2) is 0 Å². The predicted octanol–water partition coefficient (Wildman–Crippen LogP) is 4.22. The Hall–Kier alpha value is -2.35. The van der Waals surface area contributed by atoms with Gasteiger partial charge in [-0.05, 0) is 42.2 Å². The van der Waals surface area contributed by atoms with Crippen LogP contribution < -0.4 is 5.73 Å². The third kappa shape index (κ3) is 2.97. The summed E-state index contributed by atoms with van der Waals surface area (Å²) in [6.07, 6.45) is 4.65. The van der Waals surface area contributed by atoms with Crippen molar-refractivity contribution < 1.29 is 0 Å². The van der Waals surface area contributed by atoms with Crippen LogP contribution in [0.4, 0.5) is 5.69 Å². The lowest BCUT2D eigenvalue weighted by Gasteiger charge is -2.13. The summed E-state index contributed by atoms with van der Waals surface area (Å²) < 4.78 is 0. The summed E-state index contributed by atoms with van der Waals surface area (Å²) in [6, 6.07) is 13.9. The zero-order chi connectivity index (χ0) is 14.5. The molecule has 2 aromatic carbocycles. The van der Waals surface area contributed by atoms with E-state index in [2.05, 4.69) is 13.8 Å². The Morgan fingerprint density at radius 3 is 2.50 bits per heavy atom. The Balaban J connectivity index is 2.35. The van der Waals surface area contributed by atoms with Crippen LogP contribution in [0.1, 0.15) is 29.2 Å². The number of aryl methyl sites for hydroxylation is 1. The molecule has 0 aliphatic heterocycles. The first-order chi connectivity index (χ1) is 9.63. The first-order valence-electron chi connectivity index (χ1n) is 6.83. The van der Waals surface area contributed by atoms with Gasteiger partial charge in [0.05, 0.1) is 5.71 Å². The predicted molar refractivity (Wildman–Crippen MR) is 87.3 cm³/mol. The highest BCUT2D eigenvalue weighted by atomic mass is 14.6. The molecule has 0 saturated heterocycles. The number of nitrogens with one attached hydrogen (secondary N) is 1. The second-order valence-electron chi connectivity index (χ2n) is 4.84. The van der Waals surface area contributed by atoms with E-state index in [-0.39, 0.29) is 0 Å². The molecule has 0 radical (unpaired) electrons. The first kappa shape index (κ1) is 14.1. The molecule has 0 bridgehead atoms. The Morgan fingerprint density at radius 2 is 1.85 bits per heavy atom. The van der Waals surface area contributed by atoms with Crippen molar-refractivity contribution in [3.8, 4) is 0 Å². The minimum absolute atomic E-state index is 0.465. The van der Waals surface area contributed by atoms with E-state index >= 15 is 0 Å². The van der Waals surface area contributed by atoms with E-state index < -0.39 is 0 Å². The molecule has 2 rings (SSSR count). The summed E-state index contributed by atoms with van der Waals surface area (Å²) in [7, 11) is 0. The molecule has 0 aromatic heterocycles. The molecule has 0 fully saturated rings. The van der Waals surface area contributed by atoms with Crippen molar-refractivity contribution in [2.75, 3.05) is 5.73 Å². The van der Waals surface area contributed by atoms with Gasteiger partial charge in [-0.3, -0.25) is 0 Å². The van der Waals surface area contributed by atoms with Crippen LogP contribution in [0.3, 0.4) is 0 Å². The van der Waals surface area contributed by atoms with E-state index in [9.17, 15) is 0 Å². The van der Waals surface area contributed by atoms with Gasteiger partial charge in [-0.15, -0.1) is 0 Å². The van der Waals surface area contributed by atoms with E-state index in [1.807, 2.05) is 54.6 Å². The number of benzene rings is 2. The maximum Gasteiger partial charge on any atom is 0.0636 e. The smallest absolute Gasteiger partial charge is 0.0636 e. The van der Waals surface area contributed by atoms with Crippen LogP contribution in [0, 0.1) is 12.3 Å². The van der Waals surface area contributed by atoms with Crippen molar-refractivity contribution in [1.29, 1.82) is 5.41 Å². The maximum atomic E-state index is 8.29. The summed E-state index contributed by atoms with van der Waals surface area (Å²) in [4.78, 5) is 0. The quantitative estimate of drug-likeness (QED) is 0.630. The SMILES string of the molecule is CCc1c(C)ccc(N)c1C(=N)/C=C/c1ccccc1. The fourth-order valence-corrected chi connectivity index (χ4v) is 2.37. The highest BCUT2D eigenvalue weighted by Gasteiger charge is 2.10. The van der Waals surface area contributed by atoms with E-state index in [0.717, 1.165) is 23.1 Å². The van der Waals surface area contributed by atoms with Crippen molar-refractivity contribution in [3.05, 3.63) is 70.8 Å². The molecular weight excluding hydrogens is 244 g/mol. The zero-order valence-electron chi connectivity index (χ0n) is 12.0. The molecule has 102 valence electrons. The lowest BCUT2D eigenvalue weighted by molar-refractivity contribution is 1.10. The summed E-state index contributed by atoms with van der Waals surface area (Å²) in [6.45, 7) is 4.16. The second-order valence-corrected chi connectivity index (χ2v) is 4.84. The fraction of sp³-hybridized carbons (Fsp3) is 0.167. The molecule has 2 heteroatoms. The van der Waals surface area contributed by atoms with Crippen molar-refractivity contribution >= 4 is 17.5 Å². The van der Waals surface area contributed by atoms with Gasteiger partial charge >= 0.3 is 0 Å². The summed E-state index contributed by atoms with van der Waals surface area (Å²) in [5, 5.41) is 8.29. The van der Waals surface area contributed by atoms with E-state index in [1.165, 1.54) is 5.56 Å². The molecule has 0 heterocycles. The number of nitrogens with two attached hydrogens (primary N) is 1. The van der Waals surface area contributed by atoms with Gasteiger partial charge in [0, 0.05) is 11.3 Å². The molecule has 0 atom stereocenters. The number of hydrogen-bond donors (Lipinski definition) is 2. The average Bonchev–Trinajstić information content (AvgIpc) is 2.48. The minimum Gasteiger partial charge on any atom is -0.398 e. The van der Waals surface area contributed by atoms with Crippen LogP contribution in [0.2, 0.25) is 0 Å². The number of allylic oxidation sites excluding steroid dienone is 1. The van der Waals surface area contributed by atoms with Gasteiger partial charge in [0.25, 0.3) is 0 Å². The molecule has 0 aliphatic rings. The summed E-state index contributed by atoms with van der Waals surface area (Å²) in [5.74, 6) is 0. The standard InChI is InChI=1S/C18H20N2/c1-3-15-13(2)9-11-16(19)18(15)17(20)12-10-14-7-5-4-6-8-14/h4-12,20H,3,19H2,1-2H3/b12-10+,20-17?. The van der Waals surface area contributed by atoms with Gasteiger partial charge in [0.1, 0.15) is 0 Å². The molecule has 0 aliphatic carbocycles. The Bertz CT molecular complexity index is 640. The Labute approximate surface area is 120 Å². The normalized spacial score (nSPS) is 10.9. The van der Waals surface area contributed by atoms with Crippen LogP contribution >= 0.6 is 0 Å². The second kappa shape index (κ2) is 6.20. The highest BCUT2D eigenvalue weighted by molar-refractivity contribution is 6.13. The van der Waals surface area contributed by atoms with Gasteiger partial charge < -0.3 is 11.1 Å². The van der Waals surface area contributed by atoms with Crippen LogP contribution in [-0.2, 0) is 6.42 Å². The number of nitrogen functional groups attached to an aromatic ring is 1. The summed E-state index contributed by atoms with van der Waals surface area (Å²) >= 11 is 0. The van der Waals surface area contributed by atoms with Crippen LogP contribution in [-0.4, -0.2) is 5.71 Å². The van der Waals surface area contributed by atoms with Crippen molar-refractivity contribution in [2.45, 2.75) is 20.3 Å². The number of anilines is 1.